The maximum atomic E-state index is 12.4. The van der Waals surface area contributed by atoms with Crippen LogP contribution < -0.4 is 4.90 Å². The monoisotopic (exact) mass is 362 g/mol. The van der Waals surface area contributed by atoms with Gasteiger partial charge in [0.15, 0.2) is 0 Å². The molecule has 2 saturated heterocycles. The zero-order chi connectivity index (χ0) is 18.2. The van der Waals surface area contributed by atoms with Gasteiger partial charge in [0, 0.05) is 44.8 Å². The Hall–Kier alpha value is -1.73. The van der Waals surface area contributed by atoms with Gasteiger partial charge in [-0.25, -0.2) is 9.97 Å². The quantitative estimate of drug-likeness (QED) is 0.690. The summed E-state index contributed by atoms with van der Waals surface area (Å²) in [5, 5.41) is 0. The number of ether oxygens (including phenoxy) is 2. The molecule has 2 aliphatic heterocycles. The molecule has 3 rings (SSSR count). The molecule has 0 N–H and O–H groups in total. The molecule has 1 atom stereocenters. The third-order valence-corrected chi connectivity index (χ3v) is 5.07. The van der Waals surface area contributed by atoms with Crippen molar-refractivity contribution in [1.29, 1.82) is 0 Å². The molecule has 26 heavy (non-hydrogen) atoms. The van der Waals surface area contributed by atoms with Crippen molar-refractivity contribution in [3.8, 4) is 0 Å². The van der Waals surface area contributed by atoms with E-state index in [0.29, 0.717) is 6.61 Å². The van der Waals surface area contributed by atoms with Crippen molar-refractivity contribution in [3.63, 3.8) is 0 Å². The Balaban J connectivity index is 1.57. The number of likely N-dealkylation sites (tertiary alicyclic amines) is 1. The number of unbranched alkanes of at least 4 members (excludes halogenated alkanes) is 1. The van der Waals surface area contributed by atoms with Crippen molar-refractivity contribution in [2.24, 2.45) is 0 Å². The summed E-state index contributed by atoms with van der Waals surface area (Å²) in [5.74, 6) is 1.32. The van der Waals surface area contributed by atoms with Gasteiger partial charge in [0.05, 0.1) is 18.9 Å². The van der Waals surface area contributed by atoms with Gasteiger partial charge in [-0.3, -0.25) is 4.79 Å². The van der Waals surface area contributed by atoms with Gasteiger partial charge in [-0.2, -0.15) is 0 Å². The molecule has 1 aromatic rings. The number of carbonyl (C=O) groups excluding carboxylic acids is 1. The van der Waals surface area contributed by atoms with E-state index in [1.54, 1.807) is 6.33 Å². The second-order valence-corrected chi connectivity index (χ2v) is 6.99. The lowest BCUT2D eigenvalue weighted by molar-refractivity contribution is -0.137. The summed E-state index contributed by atoms with van der Waals surface area (Å²) in [6.45, 7) is 7.70. The molecule has 1 aromatic heterocycles. The van der Waals surface area contributed by atoms with Crippen molar-refractivity contribution < 1.29 is 14.3 Å². The van der Waals surface area contributed by atoms with Crippen LogP contribution in [0.2, 0.25) is 0 Å². The molecule has 0 unspecified atom stereocenters. The summed E-state index contributed by atoms with van der Waals surface area (Å²) in [7, 11) is 0. The van der Waals surface area contributed by atoms with Crippen molar-refractivity contribution >= 4 is 11.7 Å². The molecule has 0 saturated carbocycles. The Morgan fingerprint density at radius 2 is 2.15 bits per heavy atom. The number of aromatic nitrogens is 2. The number of piperidine rings is 1. The van der Waals surface area contributed by atoms with E-state index in [0.717, 1.165) is 76.6 Å². The SMILES string of the molecule is CCCCOCC(=O)N1CCC[C@H](c2cc(N3CCOCC3)ncn2)C1. The zero-order valence-corrected chi connectivity index (χ0v) is 15.7. The van der Waals surface area contributed by atoms with E-state index in [1.165, 1.54) is 0 Å². The second kappa shape index (κ2) is 9.83. The van der Waals surface area contributed by atoms with Gasteiger partial charge in [0.2, 0.25) is 5.91 Å². The number of nitrogens with zero attached hydrogens (tertiary/aromatic N) is 4. The highest BCUT2D eigenvalue weighted by molar-refractivity contribution is 5.77. The average molecular weight is 362 g/mol. The van der Waals surface area contributed by atoms with Crippen LogP contribution in [0, 0.1) is 0 Å². The van der Waals surface area contributed by atoms with Crippen LogP contribution in [0.4, 0.5) is 5.82 Å². The predicted octanol–water partition coefficient (Wildman–Crippen LogP) is 1.84. The first-order valence-corrected chi connectivity index (χ1v) is 9.78. The molecule has 0 radical (unpaired) electrons. The van der Waals surface area contributed by atoms with Crippen molar-refractivity contribution in [2.45, 2.75) is 38.5 Å². The fraction of sp³-hybridized carbons (Fsp3) is 0.737. The molecular formula is C19H30N4O3. The third-order valence-electron chi connectivity index (χ3n) is 5.07. The Morgan fingerprint density at radius 3 is 2.96 bits per heavy atom. The summed E-state index contributed by atoms with van der Waals surface area (Å²) in [6, 6.07) is 2.09. The molecule has 1 amide bonds. The minimum Gasteiger partial charge on any atom is -0.378 e. The Bertz CT molecular complexity index is 578. The zero-order valence-electron chi connectivity index (χ0n) is 15.7. The third kappa shape index (κ3) is 5.14. The molecule has 0 aromatic carbocycles. The summed E-state index contributed by atoms with van der Waals surface area (Å²) >= 11 is 0. The smallest absolute Gasteiger partial charge is 0.248 e. The van der Waals surface area contributed by atoms with Gasteiger partial charge >= 0.3 is 0 Å². The fourth-order valence-corrected chi connectivity index (χ4v) is 3.49. The number of morpholine rings is 1. The van der Waals surface area contributed by atoms with Crippen LogP contribution in [0.1, 0.15) is 44.2 Å². The Morgan fingerprint density at radius 1 is 1.31 bits per heavy atom. The normalized spacial score (nSPS) is 21.0. The topological polar surface area (TPSA) is 67.8 Å². The van der Waals surface area contributed by atoms with Crippen molar-refractivity contribution in [2.75, 3.05) is 57.5 Å². The summed E-state index contributed by atoms with van der Waals surface area (Å²) < 4.78 is 10.9. The first-order valence-electron chi connectivity index (χ1n) is 9.78. The van der Waals surface area contributed by atoms with E-state index in [-0.39, 0.29) is 18.4 Å². The highest BCUT2D eigenvalue weighted by Gasteiger charge is 2.26. The molecule has 0 bridgehead atoms. The van der Waals surface area contributed by atoms with E-state index >= 15 is 0 Å². The van der Waals surface area contributed by atoms with Crippen LogP contribution in [-0.4, -0.2) is 73.4 Å². The Kier molecular flexibility index (Phi) is 7.20. The molecular weight excluding hydrogens is 332 g/mol. The molecule has 0 aliphatic carbocycles. The van der Waals surface area contributed by atoms with E-state index in [1.807, 2.05) is 4.90 Å². The highest BCUT2D eigenvalue weighted by atomic mass is 16.5. The fourth-order valence-electron chi connectivity index (χ4n) is 3.49. The minimum atomic E-state index is 0.0910. The highest BCUT2D eigenvalue weighted by Crippen LogP contribution is 2.27. The average Bonchev–Trinajstić information content (AvgIpc) is 2.72. The van der Waals surface area contributed by atoms with Crippen molar-refractivity contribution in [1.82, 2.24) is 14.9 Å². The van der Waals surface area contributed by atoms with E-state index in [4.69, 9.17) is 9.47 Å². The van der Waals surface area contributed by atoms with Gasteiger partial charge in [-0.15, -0.1) is 0 Å². The number of anilines is 1. The van der Waals surface area contributed by atoms with Crippen LogP contribution in [0.3, 0.4) is 0 Å². The molecule has 7 heteroatoms. The molecule has 144 valence electrons. The summed E-state index contributed by atoms with van der Waals surface area (Å²) in [4.78, 5) is 25.5. The number of carbonyl (C=O) groups is 1. The van der Waals surface area contributed by atoms with E-state index < -0.39 is 0 Å². The van der Waals surface area contributed by atoms with Gasteiger partial charge in [-0.1, -0.05) is 13.3 Å². The number of amides is 1. The largest absolute Gasteiger partial charge is 0.378 e. The molecule has 0 spiro atoms. The van der Waals surface area contributed by atoms with Gasteiger partial charge in [0.25, 0.3) is 0 Å². The van der Waals surface area contributed by atoms with Crippen LogP contribution in [0.15, 0.2) is 12.4 Å². The number of rotatable bonds is 7. The van der Waals surface area contributed by atoms with E-state index in [2.05, 4.69) is 27.9 Å². The van der Waals surface area contributed by atoms with Crippen LogP contribution >= 0.6 is 0 Å². The van der Waals surface area contributed by atoms with Crippen LogP contribution in [0.25, 0.3) is 0 Å². The summed E-state index contributed by atoms with van der Waals surface area (Å²) in [5.41, 5.74) is 1.03. The lowest BCUT2D eigenvalue weighted by Gasteiger charge is -2.33. The Labute approximate surface area is 155 Å². The maximum Gasteiger partial charge on any atom is 0.248 e. The lowest BCUT2D eigenvalue weighted by Crippen LogP contribution is -2.41. The maximum absolute atomic E-state index is 12.4. The number of hydrogen-bond donors (Lipinski definition) is 0. The predicted molar refractivity (Wildman–Crippen MR) is 99.3 cm³/mol. The number of hydrogen-bond acceptors (Lipinski definition) is 6. The second-order valence-electron chi connectivity index (χ2n) is 6.99. The first-order chi connectivity index (χ1) is 12.8. The first kappa shape index (κ1) is 19.0. The summed E-state index contributed by atoms with van der Waals surface area (Å²) in [6.07, 6.45) is 5.79. The standard InChI is InChI=1S/C19H30N4O3/c1-2-3-9-26-14-19(24)23-6-4-5-16(13-23)17-12-18(21-15-20-17)22-7-10-25-11-8-22/h12,15-16H,2-11,13-14H2,1H3/t16-/m0/s1. The molecule has 2 aliphatic rings. The van der Waals surface area contributed by atoms with Crippen LogP contribution in [-0.2, 0) is 14.3 Å². The molecule has 3 heterocycles. The lowest BCUT2D eigenvalue weighted by atomic mass is 9.94. The van der Waals surface area contributed by atoms with E-state index in [9.17, 15) is 4.79 Å². The van der Waals surface area contributed by atoms with Crippen molar-refractivity contribution in [3.05, 3.63) is 18.1 Å². The van der Waals surface area contributed by atoms with Gasteiger partial charge in [0.1, 0.15) is 18.8 Å². The van der Waals surface area contributed by atoms with Crippen LogP contribution in [0.5, 0.6) is 0 Å². The molecule has 2 fully saturated rings. The van der Waals surface area contributed by atoms with Gasteiger partial charge < -0.3 is 19.3 Å². The molecule has 7 nitrogen and oxygen atoms in total. The minimum absolute atomic E-state index is 0.0910. The van der Waals surface area contributed by atoms with Gasteiger partial charge in [-0.05, 0) is 19.3 Å².